The normalized spacial score (nSPS) is 13.1. The van der Waals surface area contributed by atoms with Gasteiger partial charge in [0.1, 0.15) is 4.90 Å². The molecule has 0 bridgehead atoms. The molecule has 7 nitrogen and oxygen atoms in total. The van der Waals surface area contributed by atoms with Gasteiger partial charge in [-0.1, -0.05) is 40.5 Å². The molecule has 160 valence electrons. The molecule has 0 fully saturated rings. The van der Waals surface area contributed by atoms with Crippen LogP contribution >= 0.6 is 0 Å². The topological polar surface area (TPSA) is 107 Å². The van der Waals surface area contributed by atoms with Crippen LogP contribution in [0, 0.1) is 11.8 Å². The van der Waals surface area contributed by atoms with E-state index in [4.69, 9.17) is 9.47 Å². The van der Waals surface area contributed by atoms with Crippen LogP contribution in [0.3, 0.4) is 0 Å². The summed E-state index contributed by atoms with van der Waals surface area (Å²) in [6.45, 7) is 8.23. The number of rotatable bonds is 11. The van der Waals surface area contributed by atoms with Gasteiger partial charge >= 0.3 is 41.5 Å². The van der Waals surface area contributed by atoms with Gasteiger partial charge in [-0.15, -0.1) is 0 Å². The Labute approximate surface area is 195 Å². The third kappa shape index (κ3) is 9.61. The third-order valence-electron chi connectivity index (χ3n) is 4.28. The summed E-state index contributed by atoms with van der Waals surface area (Å²) in [5.74, 6) is -1.28. The van der Waals surface area contributed by atoms with Crippen LogP contribution in [-0.2, 0) is 19.6 Å². The van der Waals surface area contributed by atoms with Crippen molar-refractivity contribution in [2.24, 2.45) is 11.8 Å². The molecule has 0 spiro atoms. The zero-order valence-corrected chi connectivity index (χ0v) is 17.8. The Hall–Kier alpha value is -0.930. The average molecular weight is 439 g/mol. The van der Waals surface area contributed by atoms with Gasteiger partial charge in [-0.05, 0) is 42.9 Å². The van der Waals surface area contributed by atoms with E-state index >= 15 is 0 Å². The monoisotopic (exact) mass is 438 g/mol. The van der Waals surface area contributed by atoms with Gasteiger partial charge in [-0.25, -0.2) is 9.59 Å². The number of benzene rings is 1. The van der Waals surface area contributed by atoms with Gasteiger partial charge in [-0.3, -0.25) is 4.55 Å². The predicted molar refractivity (Wildman–Crippen MR) is 112 cm³/mol. The zero-order valence-electron chi connectivity index (χ0n) is 16.9. The molecular weight excluding hydrogens is 407 g/mol. The Morgan fingerprint density at radius 1 is 0.966 bits per heavy atom. The molecule has 9 heteroatoms. The Morgan fingerprint density at radius 2 is 1.45 bits per heavy atom. The van der Waals surface area contributed by atoms with Crippen LogP contribution in [0.1, 0.15) is 74.1 Å². The van der Waals surface area contributed by atoms with Crippen molar-refractivity contribution >= 4 is 51.6 Å². The minimum atomic E-state index is -4.73. The maximum absolute atomic E-state index is 12.3. The molecule has 1 aromatic carbocycles. The first-order valence-electron chi connectivity index (χ1n) is 9.55. The molecular formula is C20H31NaO7S. The van der Waals surface area contributed by atoms with Crippen molar-refractivity contribution in [3.8, 4) is 0 Å². The summed E-state index contributed by atoms with van der Waals surface area (Å²) in [5, 5.41) is 0. The predicted octanol–water partition coefficient (Wildman–Crippen LogP) is 3.47. The van der Waals surface area contributed by atoms with Crippen molar-refractivity contribution in [2.45, 2.75) is 58.3 Å². The van der Waals surface area contributed by atoms with Crippen LogP contribution in [-0.4, -0.2) is 67.7 Å². The molecule has 0 radical (unpaired) electrons. The SMILES string of the molecule is CCCC(C)COC(=O)c1ccc(C(=O)OCC(C)CCC)c(S(=O)(=O)O)c1.[NaH]. The molecule has 0 aliphatic heterocycles. The van der Waals surface area contributed by atoms with E-state index in [1.807, 2.05) is 27.7 Å². The third-order valence-corrected chi connectivity index (χ3v) is 5.17. The standard InChI is InChI=1S/C20H30O7S.Na.H/c1-5-7-14(3)12-26-19(21)16-9-10-17(18(11-16)28(23,24)25)20(22)27-13-15(4)8-6-2;;/h9-11,14-15H,5-8,12-13H2,1-4H3,(H,23,24,25);;. The van der Waals surface area contributed by atoms with Crippen molar-refractivity contribution in [1.29, 1.82) is 0 Å². The molecule has 0 amide bonds. The van der Waals surface area contributed by atoms with E-state index in [9.17, 15) is 22.6 Å². The van der Waals surface area contributed by atoms with E-state index in [2.05, 4.69) is 0 Å². The van der Waals surface area contributed by atoms with E-state index in [0.29, 0.717) is 0 Å². The summed E-state index contributed by atoms with van der Waals surface area (Å²) >= 11 is 0. The van der Waals surface area contributed by atoms with Crippen LogP contribution in [0.4, 0.5) is 0 Å². The van der Waals surface area contributed by atoms with E-state index < -0.39 is 27.0 Å². The first-order chi connectivity index (χ1) is 13.1. The summed E-state index contributed by atoms with van der Waals surface area (Å²) in [7, 11) is -4.73. The van der Waals surface area contributed by atoms with Crippen LogP contribution in [0.15, 0.2) is 23.1 Å². The fourth-order valence-corrected chi connectivity index (χ4v) is 3.49. The summed E-state index contributed by atoms with van der Waals surface area (Å²) in [6.07, 6.45) is 3.65. The maximum atomic E-state index is 12.3. The Balaban J connectivity index is 0.00000784. The fraction of sp³-hybridized carbons (Fsp3) is 0.600. The molecule has 0 aliphatic rings. The molecule has 1 N–H and O–H groups in total. The first-order valence-corrected chi connectivity index (χ1v) is 11.0. The van der Waals surface area contributed by atoms with Gasteiger partial charge < -0.3 is 9.47 Å². The Kier molecular flexibility index (Phi) is 13.0. The second kappa shape index (κ2) is 13.4. The summed E-state index contributed by atoms with van der Waals surface area (Å²) in [4.78, 5) is 23.8. The van der Waals surface area contributed by atoms with Crippen molar-refractivity contribution in [3.05, 3.63) is 29.3 Å². The van der Waals surface area contributed by atoms with Gasteiger partial charge in [0.15, 0.2) is 0 Å². The van der Waals surface area contributed by atoms with E-state index in [1.165, 1.54) is 6.07 Å². The summed E-state index contributed by atoms with van der Waals surface area (Å²) < 4.78 is 43.3. The van der Waals surface area contributed by atoms with Gasteiger partial charge in [0.2, 0.25) is 0 Å². The van der Waals surface area contributed by atoms with Gasteiger partial charge in [0.05, 0.1) is 24.3 Å². The molecule has 0 aliphatic carbocycles. The van der Waals surface area contributed by atoms with Crippen molar-refractivity contribution < 1.29 is 32.0 Å². The molecule has 1 aromatic rings. The molecule has 2 unspecified atom stereocenters. The van der Waals surface area contributed by atoms with Crippen LogP contribution in [0.5, 0.6) is 0 Å². The van der Waals surface area contributed by atoms with Gasteiger partial charge in [0.25, 0.3) is 10.1 Å². The van der Waals surface area contributed by atoms with Crippen molar-refractivity contribution in [2.75, 3.05) is 13.2 Å². The van der Waals surface area contributed by atoms with Gasteiger partial charge in [0, 0.05) is 0 Å². The van der Waals surface area contributed by atoms with E-state index in [1.54, 1.807) is 0 Å². The second-order valence-electron chi connectivity index (χ2n) is 7.17. The number of carbonyl (C=O) groups is 2. The second-order valence-corrected chi connectivity index (χ2v) is 8.56. The Bertz CT molecular complexity index is 777. The molecule has 2 atom stereocenters. The number of hydrogen-bond acceptors (Lipinski definition) is 6. The van der Waals surface area contributed by atoms with Gasteiger partial charge in [-0.2, -0.15) is 8.42 Å². The number of carbonyl (C=O) groups excluding carboxylic acids is 2. The number of esters is 2. The molecule has 0 saturated carbocycles. The number of hydrogen-bond donors (Lipinski definition) is 1. The molecule has 0 saturated heterocycles. The molecule has 1 rings (SSSR count). The fourth-order valence-electron chi connectivity index (χ4n) is 2.78. The number of ether oxygens (including phenoxy) is 2. The van der Waals surface area contributed by atoms with E-state index in [0.717, 1.165) is 37.8 Å². The van der Waals surface area contributed by atoms with Crippen LogP contribution in [0.25, 0.3) is 0 Å². The summed E-state index contributed by atoms with van der Waals surface area (Å²) in [6, 6.07) is 3.38. The van der Waals surface area contributed by atoms with Crippen molar-refractivity contribution in [1.82, 2.24) is 0 Å². The van der Waals surface area contributed by atoms with Crippen LogP contribution in [0.2, 0.25) is 0 Å². The zero-order chi connectivity index (χ0) is 21.3. The molecule has 29 heavy (non-hydrogen) atoms. The quantitative estimate of drug-likeness (QED) is 0.320. The molecule has 0 aromatic heterocycles. The average Bonchev–Trinajstić information content (AvgIpc) is 2.63. The van der Waals surface area contributed by atoms with E-state index in [-0.39, 0.29) is 65.7 Å². The molecule has 0 heterocycles. The van der Waals surface area contributed by atoms with Crippen LogP contribution < -0.4 is 0 Å². The Morgan fingerprint density at radius 3 is 1.90 bits per heavy atom. The summed E-state index contributed by atoms with van der Waals surface area (Å²) in [5.41, 5.74) is -0.380. The first kappa shape index (κ1) is 28.1. The van der Waals surface area contributed by atoms with Crippen molar-refractivity contribution in [3.63, 3.8) is 0 Å². The minimum absolute atomic E-state index is 0.